The quantitative estimate of drug-likeness (QED) is 0.847. The second-order valence-electron chi connectivity index (χ2n) is 4.84. The van der Waals surface area contributed by atoms with E-state index in [1.54, 1.807) is 6.07 Å². The van der Waals surface area contributed by atoms with Crippen LogP contribution in [0.1, 0.15) is 29.9 Å². The third kappa shape index (κ3) is 3.30. The second-order valence-corrected chi connectivity index (χ2v) is 6.07. The lowest BCUT2D eigenvalue weighted by molar-refractivity contribution is 0.508. The van der Waals surface area contributed by atoms with E-state index >= 15 is 0 Å². The minimum Gasteiger partial charge on any atom is -0.313 e. The van der Waals surface area contributed by atoms with Crippen LogP contribution in [0.5, 0.6) is 0 Å². The minimum atomic E-state index is -0.237. The highest BCUT2D eigenvalue weighted by Gasteiger charge is 2.22. The minimum absolute atomic E-state index is 0.181. The van der Waals surface area contributed by atoms with E-state index in [9.17, 15) is 4.39 Å². The molecule has 0 radical (unpaired) electrons. The predicted octanol–water partition coefficient (Wildman–Crippen LogP) is 4.27. The average molecular weight is 375 g/mol. The third-order valence-corrected chi connectivity index (χ3v) is 4.73. The van der Waals surface area contributed by atoms with E-state index in [-0.39, 0.29) is 11.9 Å². The zero-order valence-electron chi connectivity index (χ0n) is 12.3. The summed E-state index contributed by atoms with van der Waals surface area (Å²) < 4.78 is 16.8. The van der Waals surface area contributed by atoms with E-state index in [4.69, 9.17) is 11.6 Å². The van der Waals surface area contributed by atoms with Gasteiger partial charge in [-0.3, -0.25) is 4.68 Å². The molecule has 0 aliphatic heterocycles. The van der Waals surface area contributed by atoms with Crippen molar-refractivity contribution >= 4 is 27.5 Å². The molecule has 21 heavy (non-hydrogen) atoms. The summed E-state index contributed by atoms with van der Waals surface area (Å²) in [4.78, 5) is 0. The van der Waals surface area contributed by atoms with Crippen LogP contribution >= 0.6 is 27.5 Å². The van der Waals surface area contributed by atoms with E-state index < -0.39 is 0 Å². The van der Waals surface area contributed by atoms with E-state index in [0.717, 1.165) is 22.4 Å². The van der Waals surface area contributed by atoms with Gasteiger partial charge >= 0.3 is 0 Å². The van der Waals surface area contributed by atoms with Crippen molar-refractivity contribution in [2.45, 2.75) is 32.9 Å². The molecule has 1 unspecified atom stereocenters. The molecule has 0 bridgehead atoms. The fourth-order valence-corrected chi connectivity index (χ4v) is 3.28. The summed E-state index contributed by atoms with van der Waals surface area (Å²) in [6, 6.07) is 4.81. The first-order valence-corrected chi connectivity index (χ1v) is 7.99. The van der Waals surface area contributed by atoms with Crippen LogP contribution in [-0.2, 0) is 13.0 Å². The lowest BCUT2D eigenvalue weighted by Gasteiger charge is -2.19. The molecule has 0 spiro atoms. The van der Waals surface area contributed by atoms with Gasteiger partial charge in [-0.15, -0.1) is 0 Å². The number of hydrogen-bond acceptors (Lipinski definition) is 2. The Bertz CT molecular complexity index is 622. The molecule has 1 atom stereocenters. The molecule has 0 saturated heterocycles. The Kier molecular flexibility index (Phi) is 5.41. The molecule has 0 aliphatic rings. The number of likely N-dealkylation sites (N-methyl/N-ethyl adjacent to an activating group) is 1. The Morgan fingerprint density at radius 1 is 1.48 bits per heavy atom. The van der Waals surface area contributed by atoms with Crippen molar-refractivity contribution in [3.8, 4) is 0 Å². The van der Waals surface area contributed by atoms with Crippen LogP contribution in [0.15, 0.2) is 22.7 Å². The van der Waals surface area contributed by atoms with E-state index in [2.05, 4.69) is 26.3 Å². The van der Waals surface area contributed by atoms with Crippen molar-refractivity contribution in [1.82, 2.24) is 15.1 Å². The molecule has 3 nitrogen and oxygen atoms in total. The fraction of sp³-hybridized carbons (Fsp3) is 0.400. The molecule has 6 heteroatoms. The Balaban J connectivity index is 2.41. The van der Waals surface area contributed by atoms with Gasteiger partial charge in [0.25, 0.3) is 0 Å². The highest BCUT2D eigenvalue weighted by Crippen LogP contribution is 2.31. The van der Waals surface area contributed by atoms with Crippen molar-refractivity contribution in [1.29, 1.82) is 0 Å². The van der Waals surface area contributed by atoms with Crippen LogP contribution in [0.4, 0.5) is 4.39 Å². The van der Waals surface area contributed by atoms with E-state index in [0.29, 0.717) is 17.0 Å². The SMILES string of the molecule is CCn1nc(C)c(Cl)c1CC(NC)c1c(F)cccc1Br. The molecular formula is C15H18BrClFN3. The van der Waals surface area contributed by atoms with Crippen LogP contribution in [-0.4, -0.2) is 16.8 Å². The number of rotatable bonds is 5. The highest BCUT2D eigenvalue weighted by atomic mass is 79.9. The Labute approximate surface area is 137 Å². The maximum atomic E-state index is 14.2. The van der Waals surface area contributed by atoms with Crippen molar-refractivity contribution in [3.63, 3.8) is 0 Å². The molecule has 1 heterocycles. The van der Waals surface area contributed by atoms with Crippen LogP contribution in [0.25, 0.3) is 0 Å². The van der Waals surface area contributed by atoms with Crippen LogP contribution in [0.2, 0.25) is 5.02 Å². The standard InChI is InChI=1S/C15H18BrClFN3/c1-4-21-13(15(17)9(2)20-21)8-12(19-3)14-10(16)6-5-7-11(14)18/h5-7,12,19H,4,8H2,1-3H3. The van der Waals surface area contributed by atoms with Gasteiger partial charge in [0, 0.05) is 29.0 Å². The molecule has 0 saturated carbocycles. The van der Waals surface area contributed by atoms with Gasteiger partial charge in [-0.2, -0.15) is 5.10 Å². The summed E-state index contributed by atoms with van der Waals surface area (Å²) in [5, 5.41) is 8.23. The van der Waals surface area contributed by atoms with Gasteiger partial charge < -0.3 is 5.32 Å². The van der Waals surface area contributed by atoms with E-state index in [1.807, 2.05) is 31.6 Å². The molecule has 0 amide bonds. The number of aromatic nitrogens is 2. The lowest BCUT2D eigenvalue weighted by Crippen LogP contribution is -2.22. The first-order chi connectivity index (χ1) is 9.99. The summed E-state index contributed by atoms with van der Waals surface area (Å²) >= 11 is 9.77. The molecule has 0 fully saturated rings. The van der Waals surface area contributed by atoms with Gasteiger partial charge in [0.1, 0.15) is 5.82 Å². The number of hydrogen-bond donors (Lipinski definition) is 1. The topological polar surface area (TPSA) is 29.9 Å². The summed E-state index contributed by atoms with van der Waals surface area (Å²) in [7, 11) is 1.82. The Hall–Kier alpha value is -0.910. The summed E-state index contributed by atoms with van der Waals surface area (Å²) in [6.07, 6.45) is 0.573. The van der Waals surface area contributed by atoms with Crippen LogP contribution in [0.3, 0.4) is 0 Å². The second kappa shape index (κ2) is 6.90. The maximum Gasteiger partial charge on any atom is 0.129 e. The summed E-state index contributed by atoms with van der Waals surface area (Å²) in [6.45, 7) is 4.63. The molecule has 114 valence electrons. The number of aryl methyl sites for hydroxylation is 2. The van der Waals surface area contributed by atoms with Gasteiger partial charge in [-0.1, -0.05) is 33.6 Å². The largest absolute Gasteiger partial charge is 0.313 e. The van der Waals surface area contributed by atoms with Gasteiger partial charge in [-0.05, 0) is 33.0 Å². The monoisotopic (exact) mass is 373 g/mol. The molecule has 2 rings (SSSR count). The Morgan fingerprint density at radius 2 is 2.19 bits per heavy atom. The van der Waals surface area contributed by atoms with Crippen molar-refractivity contribution in [2.24, 2.45) is 0 Å². The van der Waals surface area contributed by atoms with Crippen LogP contribution in [0, 0.1) is 12.7 Å². The van der Waals surface area contributed by atoms with Gasteiger partial charge in [0.05, 0.1) is 16.4 Å². The van der Waals surface area contributed by atoms with Gasteiger partial charge in [0.2, 0.25) is 0 Å². The fourth-order valence-electron chi connectivity index (χ4n) is 2.45. The van der Waals surface area contributed by atoms with Crippen molar-refractivity contribution in [2.75, 3.05) is 7.05 Å². The molecule has 0 aliphatic carbocycles. The summed E-state index contributed by atoms with van der Waals surface area (Å²) in [5.74, 6) is -0.237. The molecule has 1 aromatic carbocycles. The zero-order chi connectivity index (χ0) is 15.6. The maximum absolute atomic E-state index is 14.2. The molecule has 2 aromatic rings. The first-order valence-electron chi connectivity index (χ1n) is 6.82. The molecule has 1 N–H and O–H groups in total. The van der Waals surface area contributed by atoms with Crippen LogP contribution < -0.4 is 5.32 Å². The molecule has 1 aromatic heterocycles. The third-order valence-electron chi connectivity index (χ3n) is 3.55. The predicted molar refractivity (Wildman–Crippen MR) is 87.3 cm³/mol. The first kappa shape index (κ1) is 16.5. The zero-order valence-corrected chi connectivity index (χ0v) is 14.6. The number of nitrogens with zero attached hydrogens (tertiary/aromatic N) is 2. The number of benzene rings is 1. The van der Waals surface area contributed by atoms with Crippen molar-refractivity contribution in [3.05, 3.63) is 50.5 Å². The van der Waals surface area contributed by atoms with Gasteiger partial charge in [0.15, 0.2) is 0 Å². The number of nitrogens with one attached hydrogen (secondary N) is 1. The smallest absolute Gasteiger partial charge is 0.129 e. The Morgan fingerprint density at radius 3 is 2.76 bits per heavy atom. The van der Waals surface area contributed by atoms with E-state index in [1.165, 1.54) is 6.07 Å². The number of halogens is 3. The molecular weight excluding hydrogens is 357 g/mol. The average Bonchev–Trinajstić information content (AvgIpc) is 2.73. The summed E-state index contributed by atoms with van der Waals surface area (Å²) in [5.41, 5.74) is 2.33. The normalized spacial score (nSPS) is 12.7. The van der Waals surface area contributed by atoms with Gasteiger partial charge in [-0.25, -0.2) is 4.39 Å². The van der Waals surface area contributed by atoms with Crippen molar-refractivity contribution < 1.29 is 4.39 Å². The lowest BCUT2D eigenvalue weighted by atomic mass is 10.0. The highest BCUT2D eigenvalue weighted by molar-refractivity contribution is 9.10.